The van der Waals surface area contributed by atoms with Gasteiger partial charge in [0, 0.05) is 38.1 Å². The van der Waals surface area contributed by atoms with Gasteiger partial charge in [-0.15, -0.1) is 0 Å². The zero-order valence-corrected chi connectivity index (χ0v) is 15.8. The first-order valence-corrected chi connectivity index (χ1v) is 9.83. The topological polar surface area (TPSA) is 71.4 Å². The predicted molar refractivity (Wildman–Crippen MR) is 99.1 cm³/mol. The largest absolute Gasteiger partial charge is 0.355 e. The molecule has 0 saturated carbocycles. The van der Waals surface area contributed by atoms with Crippen LogP contribution in [0.1, 0.15) is 18.0 Å². The normalized spacial score (nSPS) is 13.0. The number of aromatic nitrogens is 1. The number of nitrogens with zero attached hydrogens (tertiary/aromatic N) is 2. The van der Waals surface area contributed by atoms with Crippen LogP contribution in [-0.2, 0) is 14.8 Å². The van der Waals surface area contributed by atoms with Crippen molar-refractivity contribution >= 4 is 27.5 Å². The lowest BCUT2D eigenvalue weighted by Crippen LogP contribution is -2.34. The van der Waals surface area contributed by atoms with E-state index >= 15 is 0 Å². The van der Waals surface area contributed by atoms with E-state index in [1.165, 1.54) is 14.1 Å². The zero-order chi connectivity index (χ0) is 18.4. The number of benzene rings is 1. The number of rotatable bonds is 8. The molecule has 1 N–H and O–H groups in total. The second-order valence-electron chi connectivity index (χ2n) is 5.85. The SMILES string of the molecule is CN(C)S(=O)(=O)CCNC(=O)CC(c1ccc(Cl)cc1)n1cccc1. The van der Waals surface area contributed by atoms with Crippen molar-refractivity contribution in [3.05, 3.63) is 59.4 Å². The lowest BCUT2D eigenvalue weighted by Gasteiger charge is -2.19. The molecule has 25 heavy (non-hydrogen) atoms. The van der Waals surface area contributed by atoms with Crippen LogP contribution >= 0.6 is 11.6 Å². The minimum Gasteiger partial charge on any atom is -0.355 e. The van der Waals surface area contributed by atoms with Crippen LogP contribution in [-0.4, -0.2) is 49.6 Å². The molecule has 136 valence electrons. The fourth-order valence-electron chi connectivity index (χ4n) is 2.39. The second kappa shape index (κ2) is 8.51. The molecule has 8 heteroatoms. The maximum atomic E-state index is 12.3. The van der Waals surface area contributed by atoms with Crippen molar-refractivity contribution in [3.8, 4) is 0 Å². The number of amides is 1. The van der Waals surface area contributed by atoms with Gasteiger partial charge in [-0.25, -0.2) is 12.7 Å². The van der Waals surface area contributed by atoms with E-state index < -0.39 is 10.0 Å². The summed E-state index contributed by atoms with van der Waals surface area (Å²) in [4.78, 5) is 12.3. The number of carbonyl (C=O) groups excluding carboxylic acids is 1. The van der Waals surface area contributed by atoms with Crippen LogP contribution in [0.25, 0.3) is 0 Å². The molecule has 0 aliphatic carbocycles. The van der Waals surface area contributed by atoms with Crippen molar-refractivity contribution in [2.24, 2.45) is 0 Å². The molecule has 1 heterocycles. The zero-order valence-electron chi connectivity index (χ0n) is 14.2. The summed E-state index contributed by atoms with van der Waals surface area (Å²) in [6.45, 7) is 0.0817. The summed E-state index contributed by atoms with van der Waals surface area (Å²) in [5.74, 6) is -0.330. The van der Waals surface area contributed by atoms with Crippen molar-refractivity contribution in [1.82, 2.24) is 14.2 Å². The van der Waals surface area contributed by atoms with Gasteiger partial charge in [-0.2, -0.15) is 0 Å². The molecule has 0 bridgehead atoms. The van der Waals surface area contributed by atoms with Gasteiger partial charge in [0.2, 0.25) is 15.9 Å². The van der Waals surface area contributed by atoms with Gasteiger partial charge >= 0.3 is 0 Å². The van der Waals surface area contributed by atoms with Crippen molar-refractivity contribution in [1.29, 1.82) is 0 Å². The van der Waals surface area contributed by atoms with Gasteiger partial charge in [0.1, 0.15) is 0 Å². The second-order valence-corrected chi connectivity index (χ2v) is 8.59. The maximum absolute atomic E-state index is 12.3. The van der Waals surface area contributed by atoms with Gasteiger partial charge in [-0.3, -0.25) is 4.79 Å². The van der Waals surface area contributed by atoms with Gasteiger partial charge in [-0.1, -0.05) is 23.7 Å². The molecule has 2 aromatic rings. The number of sulfonamides is 1. The van der Waals surface area contributed by atoms with Crippen LogP contribution in [0.4, 0.5) is 0 Å². The Hall–Kier alpha value is -1.83. The highest BCUT2D eigenvalue weighted by Gasteiger charge is 2.18. The van der Waals surface area contributed by atoms with Crippen molar-refractivity contribution in [2.75, 3.05) is 26.4 Å². The molecule has 0 spiro atoms. The van der Waals surface area contributed by atoms with E-state index in [1.54, 1.807) is 12.1 Å². The Morgan fingerprint density at radius 3 is 2.36 bits per heavy atom. The number of halogens is 1. The van der Waals surface area contributed by atoms with Crippen LogP contribution in [0.3, 0.4) is 0 Å². The Morgan fingerprint density at radius 1 is 1.20 bits per heavy atom. The summed E-state index contributed by atoms with van der Waals surface area (Å²) < 4.78 is 26.6. The Bertz CT molecular complexity index is 787. The maximum Gasteiger partial charge on any atom is 0.222 e. The molecule has 0 radical (unpaired) electrons. The highest BCUT2D eigenvalue weighted by molar-refractivity contribution is 7.89. The van der Waals surface area contributed by atoms with Crippen LogP contribution < -0.4 is 5.32 Å². The third-order valence-electron chi connectivity index (χ3n) is 3.86. The third-order valence-corrected chi connectivity index (χ3v) is 5.94. The summed E-state index contributed by atoms with van der Waals surface area (Å²) in [5, 5.41) is 3.32. The molecule has 1 atom stereocenters. The van der Waals surface area contributed by atoms with Crippen LogP contribution in [0.15, 0.2) is 48.8 Å². The lowest BCUT2D eigenvalue weighted by atomic mass is 10.0. The summed E-state index contributed by atoms with van der Waals surface area (Å²) in [6, 6.07) is 10.9. The minimum absolute atomic E-state index is 0.0817. The summed E-state index contributed by atoms with van der Waals surface area (Å²) in [5.41, 5.74) is 0.955. The van der Waals surface area contributed by atoms with E-state index in [-0.39, 0.29) is 30.7 Å². The summed E-state index contributed by atoms with van der Waals surface area (Å²) in [6.07, 6.45) is 3.99. The molecule has 1 amide bonds. The van der Waals surface area contributed by atoms with Crippen LogP contribution in [0.2, 0.25) is 5.02 Å². The highest BCUT2D eigenvalue weighted by Crippen LogP contribution is 2.23. The van der Waals surface area contributed by atoms with Crippen molar-refractivity contribution < 1.29 is 13.2 Å². The van der Waals surface area contributed by atoms with Crippen LogP contribution in [0, 0.1) is 0 Å². The molecule has 0 aliphatic heterocycles. The van der Waals surface area contributed by atoms with E-state index in [9.17, 15) is 13.2 Å². The molecule has 0 saturated heterocycles. The molecular weight excluding hydrogens is 362 g/mol. The quantitative estimate of drug-likeness (QED) is 0.759. The molecule has 0 aliphatic rings. The first kappa shape index (κ1) is 19.5. The molecule has 1 unspecified atom stereocenters. The fraction of sp³-hybridized carbons (Fsp3) is 0.353. The van der Waals surface area contributed by atoms with E-state index in [1.807, 2.05) is 41.2 Å². The summed E-state index contributed by atoms with van der Waals surface area (Å²) in [7, 11) is -0.380. The summed E-state index contributed by atoms with van der Waals surface area (Å²) >= 11 is 5.94. The van der Waals surface area contributed by atoms with Gasteiger partial charge in [0.25, 0.3) is 0 Å². The van der Waals surface area contributed by atoms with Gasteiger partial charge in [-0.05, 0) is 29.8 Å². The molecule has 6 nitrogen and oxygen atoms in total. The highest BCUT2D eigenvalue weighted by atomic mass is 35.5. The fourth-order valence-corrected chi connectivity index (χ4v) is 3.24. The molecule has 0 fully saturated rings. The standard InChI is InChI=1S/C17H22ClN3O3S/c1-20(2)25(23,24)12-9-19-17(22)13-16(21-10-3-4-11-21)14-5-7-15(18)8-6-14/h3-8,10-11,16H,9,12-13H2,1-2H3,(H,19,22). The van der Waals surface area contributed by atoms with Crippen LogP contribution in [0.5, 0.6) is 0 Å². The Morgan fingerprint density at radius 2 is 1.80 bits per heavy atom. The van der Waals surface area contributed by atoms with E-state index in [0.29, 0.717) is 5.02 Å². The molecule has 1 aromatic heterocycles. The number of hydrogen-bond donors (Lipinski definition) is 1. The Balaban J connectivity index is 2.02. The molecule has 1 aromatic carbocycles. The van der Waals surface area contributed by atoms with E-state index in [2.05, 4.69) is 5.32 Å². The third kappa shape index (κ3) is 5.59. The van der Waals surface area contributed by atoms with E-state index in [4.69, 9.17) is 11.6 Å². The number of hydrogen-bond acceptors (Lipinski definition) is 3. The lowest BCUT2D eigenvalue weighted by molar-refractivity contribution is -0.121. The number of nitrogens with one attached hydrogen (secondary N) is 1. The first-order chi connectivity index (χ1) is 11.8. The average Bonchev–Trinajstić information content (AvgIpc) is 3.07. The predicted octanol–water partition coefficient (Wildman–Crippen LogP) is 2.13. The molecule has 2 rings (SSSR count). The Kier molecular flexibility index (Phi) is 6.64. The minimum atomic E-state index is -3.32. The van der Waals surface area contributed by atoms with Gasteiger partial charge in [0.05, 0.1) is 18.2 Å². The van der Waals surface area contributed by atoms with Crippen molar-refractivity contribution in [2.45, 2.75) is 12.5 Å². The molecular formula is C17H22ClN3O3S. The smallest absolute Gasteiger partial charge is 0.222 e. The first-order valence-electron chi connectivity index (χ1n) is 7.84. The van der Waals surface area contributed by atoms with Crippen molar-refractivity contribution in [3.63, 3.8) is 0 Å². The Labute approximate surface area is 153 Å². The monoisotopic (exact) mass is 383 g/mol. The van der Waals surface area contributed by atoms with E-state index in [0.717, 1.165) is 9.87 Å². The average molecular weight is 384 g/mol. The van der Waals surface area contributed by atoms with Gasteiger partial charge < -0.3 is 9.88 Å². The number of carbonyl (C=O) groups is 1. The van der Waals surface area contributed by atoms with Gasteiger partial charge in [0.15, 0.2) is 0 Å².